The molecule has 30 heavy (non-hydrogen) atoms. The molecule has 0 aromatic heterocycles. The maximum atomic E-state index is 12.2. The number of carbonyl (C=O) groups excluding carboxylic acids is 1. The molecule has 0 aliphatic heterocycles. The fourth-order valence-electron chi connectivity index (χ4n) is 3.50. The number of carbonyl (C=O) groups is 1. The van der Waals surface area contributed by atoms with Crippen molar-refractivity contribution in [1.29, 1.82) is 0 Å². The minimum absolute atomic E-state index is 0.0744. The first-order valence-electron chi connectivity index (χ1n) is 11.0. The molecule has 6 heteroatoms. The molecule has 2 N–H and O–H groups in total. The van der Waals surface area contributed by atoms with Crippen molar-refractivity contribution in [2.24, 2.45) is 0 Å². The quantitative estimate of drug-likeness (QED) is 0.457. The van der Waals surface area contributed by atoms with Crippen molar-refractivity contribution in [1.82, 2.24) is 0 Å². The molecule has 0 bridgehead atoms. The van der Waals surface area contributed by atoms with Crippen LogP contribution in [0, 0.1) is 0 Å². The maximum Gasteiger partial charge on any atom is 0.338 e. The van der Waals surface area contributed by atoms with Crippen LogP contribution in [0.15, 0.2) is 18.2 Å². The molecular weight excluding hydrogens is 396 g/mol. The average Bonchev–Trinajstić information content (AvgIpc) is 3.12. The van der Waals surface area contributed by atoms with Crippen LogP contribution in [-0.4, -0.2) is 36.2 Å². The number of aliphatic hydroxyl groups excluding tert-OH is 2. The van der Waals surface area contributed by atoms with Gasteiger partial charge >= 0.3 is 5.97 Å². The van der Waals surface area contributed by atoms with Crippen LogP contribution in [0.4, 0.5) is 0 Å². The van der Waals surface area contributed by atoms with Gasteiger partial charge in [0.25, 0.3) is 0 Å². The van der Waals surface area contributed by atoms with E-state index in [1.807, 2.05) is 12.1 Å². The van der Waals surface area contributed by atoms with Gasteiger partial charge in [0.2, 0.25) is 8.32 Å². The van der Waals surface area contributed by atoms with Gasteiger partial charge in [0.15, 0.2) is 6.10 Å². The molecule has 1 aromatic rings. The standard InChI is InChI=1S/C24H40O5Si/c1-23(2,3)28-22(27)21(26)20(25)17-13-14-19(29-30(7,8)24(4,5)6)18(15-17)16-11-9-10-12-16/h13-16,20-21,25-26H,9-12H2,1-8H3/t20-,21+/m0/s1. The summed E-state index contributed by atoms with van der Waals surface area (Å²) in [6.45, 7) is 16.3. The first kappa shape index (κ1) is 24.9. The van der Waals surface area contributed by atoms with Crippen molar-refractivity contribution in [2.45, 2.75) is 109 Å². The van der Waals surface area contributed by atoms with Gasteiger partial charge in [-0.25, -0.2) is 4.79 Å². The maximum absolute atomic E-state index is 12.2. The second-order valence-corrected chi connectivity index (χ2v) is 15.8. The monoisotopic (exact) mass is 436 g/mol. The first-order valence-corrected chi connectivity index (χ1v) is 13.9. The zero-order valence-corrected chi connectivity index (χ0v) is 20.9. The van der Waals surface area contributed by atoms with E-state index in [4.69, 9.17) is 9.16 Å². The van der Waals surface area contributed by atoms with Crippen LogP contribution < -0.4 is 4.43 Å². The first-order chi connectivity index (χ1) is 13.6. The number of hydrogen-bond acceptors (Lipinski definition) is 5. The van der Waals surface area contributed by atoms with Crippen molar-refractivity contribution in [3.8, 4) is 5.75 Å². The third-order valence-corrected chi connectivity index (χ3v) is 10.6. The summed E-state index contributed by atoms with van der Waals surface area (Å²) in [5.74, 6) is 0.422. The van der Waals surface area contributed by atoms with Crippen LogP contribution >= 0.6 is 0 Å². The topological polar surface area (TPSA) is 76.0 Å². The predicted molar refractivity (Wildman–Crippen MR) is 122 cm³/mol. The Morgan fingerprint density at radius 2 is 1.63 bits per heavy atom. The minimum atomic E-state index is -2.03. The van der Waals surface area contributed by atoms with Gasteiger partial charge in [-0.15, -0.1) is 0 Å². The lowest BCUT2D eigenvalue weighted by atomic mass is 9.92. The van der Waals surface area contributed by atoms with Gasteiger partial charge < -0.3 is 19.4 Å². The molecule has 2 atom stereocenters. The third-order valence-electron chi connectivity index (χ3n) is 6.29. The smallest absolute Gasteiger partial charge is 0.338 e. The zero-order chi connectivity index (χ0) is 22.9. The summed E-state index contributed by atoms with van der Waals surface area (Å²) < 4.78 is 11.9. The number of ether oxygens (including phenoxy) is 1. The molecular formula is C24H40O5Si. The number of esters is 1. The van der Waals surface area contributed by atoms with Crippen molar-refractivity contribution in [2.75, 3.05) is 0 Å². The van der Waals surface area contributed by atoms with Crippen LogP contribution in [-0.2, 0) is 9.53 Å². The van der Waals surface area contributed by atoms with E-state index in [9.17, 15) is 15.0 Å². The molecule has 1 aromatic carbocycles. The lowest BCUT2D eigenvalue weighted by molar-refractivity contribution is -0.171. The van der Waals surface area contributed by atoms with Crippen LogP contribution in [0.5, 0.6) is 5.75 Å². The van der Waals surface area contributed by atoms with E-state index in [-0.39, 0.29) is 5.04 Å². The van der Waals surface area contributed by atoms with Gasteiger partial charge in [0, 0.05) is 0 Å². The highest BCUT2D eigenvalue weighted by atomic mass is 28.4. The van der Waals surface area contributed by atoms with Crippen LogP contribution in [0.2, 0.25) is 18.1 Å². The van der Waals surface area contributed by atoms with E-state index in [2.05, 4.69) is 33.9 Å². The Kier molecular flexibility index (Phi) is 7.48. The van der Waals surface area contributed by atoms with Gasteiger partial charge in [-0.2, -0.15) is 0 Å². The van der Waals surface area contributed by atoms with Crippen molar-refractivity contribution < 1.29 is 24.2 Å². The van der Waals surface area contributed by atoms with E-state index in [0.717, 1.165) is 24.2 Å². The summed E-state index contributed by atoms with van der Waals surface area (Å²) >= 11 is 0. The largest absolute Gasteiger partial charge is 0.543 e. The minimum Gasteiger partial charge on any atom is -0.543 e. The molecule has 2 rings (SSSR count). The van der Waals surface area contributed by atoms with E-state index in [1.54, 1.807) is 26.8 Å². The second-order valence-electron chi connectivity index (χ2n) is 11.1. The summed E-state index contributed by atoms with van der Waals surface area (Å²) in [5.41, 5.74) is 0.858. The van der Waals surface area contributed by atoms with Gasteiger partial charge in [0.1, 0.15) is 17.5 Å². The summed E-state index contributed by atoms with van der Waals surface area (Å²) in [4.78, 5) is 12.2. The van der Waals surface area contributed by atoms with Gasteiger partial charge in [-0.1, -0.05) is 39.7 Å². The number of benzene rings is 1. The Labute approximate surface area is 182 Å². The Morgan fingerprint density at radius 3 is 2.13 bits per heavy atom. The fraction of sp³-hybridized carbons (Fsp3) is 0.708. The highest BCUT2D eigenvalue weighted by Crippen LogP contribution is 2.44. The SMILES string of the molecule is CC(C)(C)OC(=O)[C@H](O)[C@@H](O)c1ccc(O[Si](C)(C)C(C)(C)C)c(C2CCCC2)c1. The molecule has 1 saturated carbocycles. The summed E-state index contributed by atoms with van der Waals surface area (Å²) in [5, 5.41) is 21.1. The fourth-order valence-corrected chi connectivity index (χ4v) is 4.54. The molecule has 1 fully saturated rings. The highest BCUT2D eigenvalue weighted by molar-refractivity contribution is 6.74. The van der Waals surface area contributed by atoms with E-state index < -0.39 is 32.1 Å². The van der Waals surface area contributed by atoms with Crippen LogP contribution in [0.25, 0.3) is 0 Å². The molecule has 0 amide bonds. The second kappa shape index (κ2) is 9.01. The van der Waals surface area contributed by atoms with E-state index >= 15 is 0 Å². The van der Waals surface area contributed by atoms with Crippen molar-refractivity contribution in [3.63, 3.8) is 0 Å². The normalized spacial score (nSPS) is 18.2. The zero-order valence-electron chi connectivity index (χ0n) is 19.9. The average molecular weight is 437 g/mol. The summed E-state index contributed by atoms with van der Waals surface area (Å²) in [7, 11) is -2.03. The number of hydrogen-bond donors (Lipinski definition) is 2. The van der Waals surface area contributed by atoms with Crippen molar-refractivity contribution in [3.05, 3.63) is 29.3 Å². The molecule has 1 aliphatic rings. The third kappa shape index (κ3) is 6.08. The molecule has 0 spiro atoms. The summed E-state index contributed by atoms with van der Waals surface area (Å²) in [6, 6.07) is 5.56. The Balaban J connectivity index is 2.34. The molecule has 5 nitrogen and oxygen atoms in total. The Hall–Kier alpha value is -1.37. The van der Waals surface area contributed by atoms with Crippen LogP contribution in [0.1, 0.15) is 90.4 Å². The Bertz CT molecular complexity index is 739. The van der Waals surface area contributed by atoms with Gasteiger partial charge in [-0.05, 0) is 80.9 Å². The number of aliphatic hydroxyl groups is 2. The molecule has 0 unspecified atom stereocenters. The lowest BCUT2D eigenvalue weighted by Crippen LogP contribution is -2.44. The van der Waals surface area contributed by atoms with Gasteiger partial charge in [0.05, 0.1) is 0 Å². The lowest BCUT2D eigenvalue weighted by Gasteiger charge is -2.37. The molecule has 0 saturated heterocycles. The highest BCUT2D eigenvalue weighted by Gasteiger charge is 2.40. The molecule has 0 heterocycles. The molecule has 170 valence electrons. The molecule has 1 aliphatic carbocycles. The molecule has 0 radical (unpaired) electrons. The van der Waals surface area contributed by atoms with E-state index in [0.29, 0.717) is 11.5 Å². The van der Waals surface area contributed by atoms with E-state index in [1.165, 1.54) is 12.8 Å². The van der Waals surface area contributed by atoms with Crippen LogP contribution in [0.3, 0.4) is 0 Å². The summed E-state index contributed by atoms with van der Waals surface area (Å²) in [6.07, 6.45) is 1.55. The van der Waals surface area contributed by atoms with Crippen molar-refractivity contribution >= 4 is 14.3 Å². The van der Waals surface area contributed by atoms with Gasteiger partial charge in [-0.3, -0.25) is 0 Å². The number of rotatable bonds is 6. The Morgan fingerprint density at radius 1 is 1.07 bits per heavy atom. The predicted octanol–water partition coefficient (Wildman–Crippen LogP) is 5.46.